The maximum absolute atomic E-state index is 3.60. The van der Waals surface area contributed by atoms with E-state index in [0.717, 1.165) is 6.54 Å². The van der Waals surface area contributed by atoms with Gasteiger partial charge in [0.2, 0.25) is 0 Å². The summed E-state index contributed by atoms with van der Waals surface area (Å²) in [5.74, 6) is 0. The molecule has 1 aromatic rings. The Hall–Kier alpha value is -0.820. The third-order valence-electron chi connectivity index (χ3n) is 4.23. The molecule has 1 saturated carbocycles. The average molecular weight is 201 g/mol. The molecule has 0 unspecified atom stereocenters. The summed E-state index contributed by atoms with van der Waals surface area (Å²) in [7, 11) is 0. The summed E-state index contributed by atoms with van der Waals surface area (Å²) in [4.78, 5) is 0. The third-order valence-corrected chi connectivity index (χ3v) is 4.23. The molecule has 1 nitrogen and oxygen atoms in total. The van der Waals surface area contributed by atoms with Crippen molar-refractivity contribution in [3.8, 4) is 0 Å². The SMILES string of the molecule is Cc1cccc2c1C1(CCCC1)CNC2. The molecule has 2 aliphatic rings. The first-order valence-corrected chi connectivity index (χ1v) is 6.12. The van der Waals surface area contributed by atoms with Crippen LogP contribution < -0.4 is 5.32 Å². The van der Waals surface area contributed by atoms with Crippen LogP contribution >= 0.6 is 0 Å². The molecule has 3 rings (SSSR count). The summed E-state index contributed by atoms with van der Waals surface area (Å²) in [6.45, 7) is 4.55. The van der Waals surface area contributed by atoms with E-state index < -0.39 is 0 Å². The molecule has 1 aromatic carbocycles. The molecule has 1 fully saturated rings. The lowest BCUT2D eigenvalue weighted by Gasteiger charge is -2.37. The van der Waals surface area contributed by atoms with E-state index >= 15 is 0 Å². The second-order valence-electron chi connectivity index (χ2n) is 5.20. The second-order valence-corrected chi connectivity index (χ2v) is 5.20. The van der Waals surface area contributed by atoms with Gasteiger partial charge in [-0.25, -0.2) is 0 Å². The third kappa shape index (κ3) is 1.33. The molecule has 0 atom stereocenters. The van der Waals surface area contributed by atoms with Gasteiger partial charge >= 0.3 is 0 Å². The number of hydrogen-bond donors (Lipinski definition) is 1. The van der Waals surface area contributed by atoms with Gasteiger partial charge in [-0.15, -0.1) is 0 Å². The minimum absolute atomic E-state index is 0.485. The Labute approximate surface area is 91.9 Å². The molecular formula is C14H19N. The number of fused-ring (bicyclic) bond motifs is 2. The molecule has 15 heavy (non-hydrogen) atoms. The van der Waals surface area contributed by atoms with E-state index in [4.69, 9.17) is 0 Å². The zero-order valence-electron chi connectivity index (χ0n) is 9.47. The monoisotopic (exact) mass is 201 g/mol. The molecule has 0 bridgehead atoms. The Morgan fingerprint density at radius 2 is 2.00 bits per heavy atom. The number of rotatable bonds is 0. The van der Waals surface area contributed by atoms with E-state index in [0.29, 0.717) is 5.41 Å². The quantitative estimate of drug-likeness (QED) is 0.680. The van der Waals surface area contributed by atoms with Crippen molar-refractivity contribution >= 4 is 0 Å². The van der Waals surface area contributed by atoms with Crippen LogP contribution in [0.1, 0.15) is 42.4 Å². The molecule has 1 heteroatoms. The highest BCUT2D eigenvalue weighted by Gasteiger charge is 2.39. The van der Waals surface area contributed by atoms with E-state index in [1.165, 1.54) is 37.8 Å². The molecule has 0 aromatic heterocycles. The fourth-order valence-electron chi connectivity index (χ4n) is 3.64. The number of benzene rings is 1. The van der Waals surface area contributed by atoms with Gasteiger partial charge in [0.1, 0.15) is 0 Å². The first-order valence-electron chi connectivity index (χ1n) is 6.12. The van der Waals surface area contributed by atoms with Crippen LogP contribution in [0.5, 0.6) is 0 Å². The van der Waals surface area contributed by atoms with Gasteiger partial charge in [-0.3, -0.25) is 0 Å². The van der Waals surface area contributed by atoms with E-state index in [1.54, 1.807) is 11.1 Å². The fourth-order valence-corrected chi connectivity index (χ4v) is 3.64. The van der Waals surface area contributed by atoms with Gasteiger partial charge in [0.25, 0.3) is 0 Å². The van der Waals surface area contributed by atoms with Gasteiger partial charge in [0, 0.05) is 18.5 Å². The van der Waals surface area contributed by atoms with Gasteiger partial charge in [0.15, 0.2) is 0 Å². The van der Waals surface area contributed by atoms with Crippen LogP contribution in [0, 0.1) is 6.92 Å². The van der Waals surface area contributed by atoms with Crippen LogP contribution in [-0.4, -0.2) is 6.54 Å². The summed E-state index contributed by atoms with van der Waals surface area (Å²) >= 11 is 0. The highest BCUT2D eigenvalue weighted by molar-refractivity contribution is 5.43. The zero-order valence-corrected chi connectivity index (χ0v) is 9.47. The predicted molar refractivity (Wildman–Crippen MR) is 63.0 cm³/mol. The highest BCUT2D eigenvalue weighted by atomic mass is 14.9. The summed E-state index contributed by atoms with van der Waals surface area (Å²) in [6, 6.07) is 6.78. The van der Waals surface area contributed by atoms with Crippen molar-refractivity contribution in [2.24, 2.45) is 0 Å². The lowest BCUT2D eigenvalue weighted by molar-refractivity contribution is 0.375. The standard InChI is InChI=1S/C14H19N/c1-11-5-4-6-12-9-15-10-14(13(11)12)7-2-3-8-14/h4-6,15H,2-3,7-10H2,1H3. The van der Waals surface area contributed by atoms with Crippen LogP contribution in [-0.2, 0) is 12.0 Å². The smallest absolute Gasteiger partial charge is 0.0208 e. The van der Waals surface area contributed by atoms with Gasteiger partial charge in [-0.1, -0.05) is 31.0 Å². The molecule has 0 radical (unpaired) electrons. The zero-order chi connectivity index (χ0) is 10.3. The summed E-state index contributed by atoms with van der Waals surface area (Å²) in [5.41, 5.74) is 5.22. The predicted octanol–water partition coefficient (Wildman–Crippen LogP) is 2.91. The fraction of sp³-hybridized carbons (Fsp3) is 0.571. The van der Waals surface area contributed by atoms with Crippen molar-refractivity contribution in [3.05, 3.63) is 34.9 Å². The highest BCUT2D eigenvalue weighted by Crippen LogP contribution is 2.45. The molecule has 0 amide bonds. The number of nitrogens with one attached hydrogen (secondary N) is 1. The van der Waals surface area contributed by atoms with Crippen molar-refractivity contribution in [2.75, 3.05) is 6.54 Å². The van der Waals surface area contributed by atoms with E-state index in [1.807, 2.05) is 0 Å². The maximum atomic E-state index is 3.60. The van der Waals surface area contributed by atoms with Gasteiger partial charge in [0.05, 0.1) is 0 Å². The first-order chi connectivity index (χ1) is 7.32. The van der Waals surface area contributed by atoms with Crippen LogP contribution in [0.25, 0.3) is 0 Å². The van der Waals surface area contributed by atoms with Gasteiger partial charge in [-0.05, 0) is 36.5 Å². The minimum Gasteiger partial charge on any atom is -0.312 e. The Bertz CT molecular complexity index is 375. The number of hydrogen-bond acceptors (Lipinski definition) is 1. The lowest BCUT2D eigenvalue weighted by atomic mass is 9.72. The Morgan fingerprint density at radius 3 is 2.80 bits per heavy atom. The van der Waals surface area contributed by atoms with Crippen LogP contribution in [0.3, 0.4) is 0 Å². The molecule has 1 heterocycles. The molecule has 1 N–H and O–H groups in total. The normalized spacial score (nSPS) is 23.0. The van der Waals surface area contributed by atoms with Crippen molar-refractivity contribution in [2.45, 2.75) is 44.6 Å². The lowest BCUT2D eigenvalue weighted by Crippen LogP contribution is -2.41. The Kier molecular flexibility index (Phi) is 2.10. The topological polar surface area (TPSA) is 12.0 Å². The van der Waals surface area contributed by atoms with E-state index in [2.05, 4.69) is 30.4 Å². The summed E-state index contributed by atoms with van der Waals surface area (Å²) < 4.78 is 0. The first kappa shape index (κ1) is 9.41. The van der Waals surface area contributed by atoms with Gasteiger partial charge in [-0.2, -0.15) is 0 Å². The summed E-state index contributed by atoms with van der Waals surface area (Å²) in [5, 5.41) is 3.60. The molecule has 80 valence electrons. The van der Waals surface area contributed by atoms with Crippen molar-refractivity contribution < 1.29 is 0 Å². The Morgan fingerprint density at radius 1 is 1.20 bits per heavy atom. The molecule has 1 spiro atoms. The average Bonchev–Trinajstić information content (AvgIpc) is 2.67. The van der Waals surface area contributed by atoms with Crippen molar-refractivity contribution in [3.63, 3.8) is 0 Å². The largest absolute Gasteiger partial charge is 0.312 e. The number of aryl methyl sites for hydroxylation is 1. The van der Waals surface area contributed by atoms with Crippen LogP contribution in [0.15, 0.2) is 18.2 Å². The maximum Gasteiger partial charge on any atom is 0.0208 e. The van der Waals surface area contributed by atoms with Gasteiger partial charge < -0.3 is 5.32 Å². The summed E-state index contributed by atoms with van der Waals surface area (Å²) in [6.07, 6.45) is 5.60. The van der Waals surface area contributed by atoms with Crippen molar-refractivity contribution in [1.29, 1.82) is 0 Å². The molecule has 0 saturated heterocycles. The molecule has 1 aliphatic heterocycles. The van der Waals surface area contributed by atoms with E-state index in [-0.39, 0.29) is 0 Å². The van der Waals surface area contributed by atoms with Crippen molar-refractivity contribution in [1.82, 2.24) is 5.32 Å². The molecular weight excluding hydrogens is 182 g/mol. The minimum atomic E-state index is 0.485. The van der Waals surface area contributed by atoms with Crippen LogP contribution in [0.2, 0.25) is 0 Å². The van der Waals surface area contributed by atoms with E-state index in [9.17, 15) is 0 Å². The Balaban J connectivity index is 2.16. The molecule has 1 aliphatic carbocycles. The van der Waals surface area contributed by atoms with Crippen LogP contribution in [0.4, 0.5) is 0 Å². The second kappa shape index (κ2) is 3.34.